The molecule has 0 heterocycles. The minimum absolute atomic E-state index is 0.0180. The van der Waals surface area contributed by atoms with Crippen LogP contribution in [0.5, 0.6) is 0 Å². The highest BCUT2D eigenvalue weighted by molar-refractivity contribution is 5.80. The number of benzene rings is 2. The summed E-state index contributed by atoms with van der Waals surface area (Å²) in [4.78, 5) is 13.2. The molecule has 1 amide bonds. The van der Waals surface area contributed by atoms with Crippen molar-refractivity contribution in [2.24, 2.45) is 5.92 Å². The lowest BCUT2D eigenvalue weighted by atomic mass is 9.75. The lowest BCUT2D eigenvalue weighted by Crippen LogP contribution is -2.50. The summed E-state index contributed by atoms with van der Waals surface area (Å²) in [6.45, 7) is 2.83. The predicted octanol–water partition coefficient (Wildman–Crippen LogP) is 3.80. The molecule has 156 valence electrons. The van der Waals surface area contributed by atoms with Crippen molar-refractivity contribution < 1.29 is 4.79 Å². The topological polar surface area (TPSA) is 53.2 Å². The van der Waals surface area contributed by atoms with Gasteiger partial charge in [-0.05, 0) is 56.8 Å². The summed E-state index contributed by atoms with van der Waals surface area (Å²) in [7, 11) is 3.97. The van der Waals surface area contributed by atoms with E-state index in [9.17, 15) is 4.79 Å². The fraction of sp³-hybridized carbons (Fsp3) is 0.480. The van der Waals surface area contributed by atoms with Crippen LogP contribution in [0, 0.1) is 5.92 Å². The first-order valence-electron chi connectivity index (χ1n) is 10.8. The predicted molar refractivity (Wildman–Crippen MR) is 120 cm³/mol. The molecule has 0 aromatic heterocycles. The van der Waals surface area contributed by atoms with Gasteiger partial charge in [-0.25, -0.2) is 0 Å². The van der Waals surface area contributed by atoms with Crippen molar-refractivity contribution in [3.05, 3.63) is 71.8 Å². The maximum Gasteiger partial charge on any atom is 0.225 e. The van der Waals surface area contributed by atoms with E-state index < -0.39 is 0 Å². The molecule has 0 saturated heterocycles. The molecule has 1 aliphatic rings. The second kappa shape index (κ2) is 10.0. The highest BCUT2D eigenvalue weighted by Crippen LogP contribution is 2.37. The van der Waals surface area contributed by atoms with Gasteiger partial charge in [-0.2, -0.15) is 0 Å². The molecular weight excluding hydrogens is 358 g/mol. The second-order valence-electron chi connectivity index (χ2n) is 8.34. The third-order valence-corrected chi connectivity index (χ3v) is 6.68. The Hall–Kier alpha value is -2.17. The third-order valence-electron chi connectivity index (χ3n) is 6.68. The Labute approximate surface area is 175 Å². The van der Waals surface area contributed by atoms with E-state index >= 15 is 0 Å². The van der Waals surface area contributed by atoms with E-state index in [-0.39, 0.29) is 29.3 Å². The summed E-state index contributed by atoms with van der Waals surface area (Å²) in [5.74, 6) is 0.262. The van der Waals surface area contributed by atoms with Crippen LogP contribution in [-0.4, -0.2) is 32.6 Å². The average Bonchev–Trinajstić information content (AvgIpc) is 2.79. The van der Waals surface area contributed by atoms with Gasteiger partial charge in [-0.15, -0.1) is 0 Å². The van der Waals surface area contributed by atoms with E-state index in [0.717, 1.165) is 25.7 Å². The maximum atomic E-state index is 13.2. The number of hydrogen-bond acceptors (Lipinski definition) is 3. The van der Waals surface area contributed by atoms with Crippen molar-refractivity contribution in [1.29, 1.82) is 0 Å². The zero-order chi connectivity index (χ0) is 20.7. The molecule has 0 radical (unpaired) electrons. The van der Waals surface area contributed by atoms with Gasteiger partial charge in [0.05, 0.1) is 5.92 Å². The molecule has 29 heavy (non-hydrogen) atoms. The molecule has 1 aliphatic carbocycles. The first-order chi connectivity index (χ1) is 14.1. The van der Waals surface area contributed by atoms with E-state index in [4.69, 9.17) is 0 Å². The highest BCUT2D eigenvalue weighted by atomic mass is 16.2. The van der Waals surface area contributed by atoms with Gasteiger partial charge in [0, 0.05) is 18.1 Å². The van der Waals surface area contributed by atoms with Crippen LogP contribution in [0.25, 0.3) is 0 Å². The van der Waals surface area contributed by atoms with Crippen molar-refractivity contribution >= 4 is 5.91 Å². The molecule has 0 aliphatic heterocycles. The normalized spacial score (nSPS) is 23.9. The number of nitrogens with one attached hydrogen (secondary N) is 3. The second-order valence-corrected chi connectivity index (χ2v) is 8.34. The fourth-order valence-electron chi connectivity index (χ4n) is 4.71. The highest BCUT2D eigenvalue weighted by Gasteiger charge is 2.36. The molecule has 3 rings (SSSR count). The lowest BCUT2D eigenvalue weighted by Gasteiger charge is -2.41. The SMILES string of the molecule is CNC[C@@H](C(=O)NC1CCC(NC)(c2ccccc2)CC1)[C@@H](C)c1ccccc1. The van der Waals surface area contributed by atoms with Crippen LogP contribution in [0.3, 0.4) is 0 Å². The van der Waals surface area contributed by atoms with Crippen LogP contribution < -0.4 is 16.0 Å². The first kappa shape index (κ1) is 21.5. The molecule has 2 aromatic carbocycles. The van der Waals surface area contributed by atoms with E-state index in [0.29, 0.717) is 6.54 Å². The smallest absolute Gasteiger partial charge is 0.225 e. The van der Waals surface area contributed by atoms with Crippen molar-refractivity contribution in [3.63, 3.8) is 0 Å². The van der Waals surface area contributed by atoms with Crippen molar-refractivity contribution in [2.75, 3.05) is 20.6 Å². The van der Waals surface area contributed by atoms with Crippen LogP contribution in [0.1, 0.15) is 49.7 Å². The quantitative estimate of drug-likeness (QED) is 0.639. The molecule has 3 N–H and O–H groups in total. The van der Waals surface area contributed by atoms with Crippen LogP contribution in [0.4, 0.5) is 0 Å². The zero-order valence-corrected chi connectivity index (χ0v) is 17.9. The van der Waals surface area contributed by atoms with Gasteiger partial charge in [-0.3, -0.25) is 4.79 Å². The maximum absolute atomic E-state index is 13.2. The number of carbonyl (C=O) groups is 1. The van der Waals surface area contributed by atoms with Crippen LogP contribution in [0.15, 0.2) is 60.7 Å². The molecule has 4 heteroatoms. The van der Waals surface area contributed by atoms with Crippen LogP contribution in [0.2, 0.25) is 0 Å². The summed E-state index contributed by atoms with van der Waals surface area (Å²) >= 11 is 0. The Balaban J connectivity index is 1.63. The Kier molecular flexibility index (Phi) is 7.45. The lowest BCUT2D eigenvalue weighted by molar-refractivity contribution is -0.126. The van der Waals surface area contributed by atoms with Gasteiger partial charge < -0.3 is 16.0 Å². The van der Waals surface area contributed by atoms with Gasteiger partial charge in [0.15, 0.2) is 0 Å². The molecular formula is C25H35N3O. The Morgan fingerprint density at radius 3 is 2.14 bits per heavy atom. The first-order valence-corrected chi connectivity index (χ1v) is 10.8. The minimum Gasteiger partial charge on any atom is -0.353 e. The van der Waals surface area contributed by atoms with Gasteiger partial charge in [0.25, 0.3) is 0 Å². The summed E-state index contributed by atoms with van der Waals surface area (Å²) in [6.07, 6.45) is 4.05. The molecule has 2 aromatic rings. The summed E-state index contributed by atoms with van der Waals surface area (Å²) in [5.41, 5.74) is 2.58. The molecule has 2 atom stereocenters. The monoisotopic (exact) mass is 393 g/mol. The van der Waals surface area contributed by atoms with Gasteiger partial charge >= 0.3 is 0 Å². The largest absolute Gasteiger partial charge is 0.353 e. The van der Waals surface area contributed by atoms with Crippen molar-refractivity contribution in [2.45, 2.75) is 50.1 Å². The number of carbonyl (C=O) groups excluding carboxylic acids is 1. The Morgan fingerprint density at radius 1 is 1.00 bits per heavy atom. The summed E-state index contributed by atoms with van der Waals surface area (Å²) < 4.78 is 0. The number of hydrogen-bond donors (Lipinski definition) is 3. The zero-order valence-electron chi connectivity index (χ0n) is 17.9. The molecule has 1 saturated carbocycles. The van der Waals surface area contributed by atoms with E-state index in [1.54, 1.807) is 0 Å². The Morgan fingerprint density at radius 2 is 1.59 bits per heavy atom. The molecule has 1 fully saturated rings. The van der Waals surface area contributed by atoms with Crippen LogP contribution in [-0.2, 0) is 10.3 Å². The Bertz CT molecular complexity index is 754. The summed E-state index contributed by atoms with van der Waals surface area (Å²) in [6, 6.07) is 21.3. The number of amides is 1. The van der Waals surface area contributed by atoms with E-state index in [2.05, 4.69) is 72.4 Å². The minimum atomic E-state index is -0.0764. The van der Waals surface area contributed by atoms with Crippen molar-refractivity contribution in [1.82, 2.24) is 16.0 Å². The van der Waals surface area contributed by atoms with E-state index in [1.165, 1.54) is 11.1 Å². The fourth-order valence-corrected chi connectivity index (χ4v) is 4.71. The average molecular weight is 394 g/mol. The van der Waals surface area contributed by atoms with Crippen LogP contribution >= 0.6 is 0 Å². The molecule has 0 spiro atoms. The third kappa shape index (κ3) is 5.06. The summed E-state index contributed by atoms with van der Waals surface area (Å²) in [5, 5.41) is 10.1. The van der Waals surface area contributed by atoms with Crippen molar-refractivity contribution in [3.8, 4) is 0 Å². The van der Waals surface area contributed by atoms with E-state index in [1.807, 2.05) is 25.2 Å². The molecule has 0 bridgehead atoms. The molecule has 4 nitrogen and oxygen atoms in total. The van der Waals surface area contributed by atoms with Gasteiger partial charge in [0.2, 0.25) is 5.91 Å². The molecule has 0 unspecified atom stereocenters. The van der Waals surface area contributed by atoms with Gasteiger partial charge in [-0.1, -0.05) is 67.6 Å². The standard InChI is InChI=1S/C25H35N3O/c1-19(20-10-6-4-7-11-20)23(18-26-2)24(29)28-22-14-16-25(27-3,17-15-22)21-12-8-5-9-13-21/h4-13,19,22-23,26-27H,14-18H2,1-3H3,(H,28,29)/t19-,22?,23+,25?/m0/s1. The van der Waals surface area contributed by atoms with Gasteiger partial charge in [0.1, 0.15) is 0 Å². The number of rotatable bonds is 8.